The highest BCUT2D eigenvalue weighted by Gasteiger charge is 2.37. The first-order valence-electron chi connectivity index (χ1n) is 10.1. The second kappa shape index (κ2) is 10.5. The van der Waals surface area contributed by atoms with Crippen molar-refractivity contribution < 1.29 is 31.5 Å². The summed E-state index contributed by atoms with van der Waals surface area (Å²) < 4.78 is 75.3. The highest BCUT2D eigenvalue weighted by Crippen LogP contribution is 2.38. The summed E-state index contributed by atoms with van der Waals surface area (Å²) in [5, 5.41) is 4.66. The lowest BCUT2D eigenvalue weighted by molar-refractivity contribution is -0.114. The largest absolute Gasteiger partial charge is 0.487 e. The first kappa shape index (κ1) is 27.2. The predicted octanol–water partition coefficient (Wildman–Crippen LogP) is 8.38. The van der Waals surface area contributed by atoms with Crippen molar-refractivity contribution in [1.82, 2.24) is 0 Å². The standard InChI is InChI=1S/C24H11Cl4F5N2O2/c1-9-13(24(36)35(34-9)22-20(32)18(30)17(29)19(31)21(22)33)6-11-5-12(25)7-16(28)23(11)37-8-10-2-3-14(26)15(27)4-10/h2-7H,8H2,1H3/b13-6-. The smallest absolute Gasteiger partial charge is 0.280 e. The molecule has 0 saturated heterocycles. The van der Waals surface area contributed by atoms with Crippen LogP contribution in [0.4, 0.5) is 27.6 Å². The topological polar surface area (TPSA) is 41.9 Å². The van der Waals surface area contributed by atoms with Crippen molar-refractivity contribution in [3.63, 3.8) is 0 Å². The molecule has 1 heterocycles. The molecule has 13 heteroatoms. The van der Waals surface area contributed by atoms with Crippen LogP contribution in [0.3, 0.4) is 0 Å². The number of anilines is 1. The Morgan fingerprint density at radius 2 is 1.49 bits per heavy atom. The average molecular weight is 596 g/mol. The van der Waals surface area contributed by atoms with Crippen molar-refractivity contribution in [2.75, 3.05) is 5.01 Å². The van der Waals surface area contributed by atoms with Crippen LogP contribution in [-0.2, 0) is 11.4 Å². The number of hydrogen-bond acceptors (Lipinski definition) is 3. The van der Waals surface area contributed by atoms with E-state index >= 15 is 0 Å². The zero-order valence-electron chi connectivity index (χ0n) is 18.3. The molecule has 0 saturated carbocycles. The number of hydrogen-bond donors (Lipinski definition) is 0. The molecular weight excluding hydrogens is 585 g/mol. The van der Waals surface area contributed by atoms with Gasteiger partial charge in [-0.1, -0.05) is 52.5 Å². The van der Waals surface area contributed by atoms with Crippen LogP contribution in [0, 0.1) is 29.1 Å². The fourth-order valence-electron chi connectivity index (χ4n) is 3.40. The summed E-state index contributed by atoms with van der Waals surface area (Å²) in [7, 11) is 0. The lowest BCUT2D eigenvalue weighted by Gasteiger charge is -2.15. The van der Waals surface area contributed by atoms with Gasteiger partial charge in [-0.05, 0) is 42.8 Å². The molecule has 3 aromatic rings. The normalized spacial score (nSPS) is 14.5. The van der Waals surface area contributed by atoms with Crippen molar-refractivity contribution >= 4 is 69.8 Å². The van der Waals surface area contributed by atoms with E-state index in [-0.39, 0.29) is 44.3 Å². The van der Waals surface area contributed by atoms with E-state index in [0.29, 0.717) is 15.6 Å². The number of carbonyl (C=O) groups is 1. The molecule has 0 bridgehead atoms. The molecule has 1 amide bonds. The second-order valence-electron chi connectivity index (χ2n) is 7.62. The Balaban J connectivity index is 1.73. The van der Waals surface area contributed by atoms with E-state index in [4.69, 9.17) is 51.1 Å². The monoisotopic (exact) mass is 594 g/mol. The third-order valence-electron chi connectivity index (χ3n) is 5.17. The molecule has 1 aliphatic heterocycles. The van der Waals surface area contributed by atoms with Gasteiger partial charge >= 0.3 is 0 Å². The average Bonchev–Trinajstić information content (AvgIpc) is 3.11. The molecule has 0 N–H and O–H groups in total. The second-order valence-corrected chi connectivity index (χ2v) is 9.28. The fourth-order valence-corrected chi connectivity index (χ4v) is 4.28. The quantitative estimate of drug-likeness (QED) is 0.129. The van der Waals surface area contributed by atoms with Crippen LogP contribution in [-0.4, -0.2) is 11.6 Å². The summed E-state index contributed by atoms with van der Waals surface area (Å²) in [5.41, 5.74) is -1.02. The lowest BCUT2D eigenvalue weighted by atomic mass is 10.1. The third kappa shape index (κ3) is 5.13. The summed E-state index contributed by atoms with van der Waals surface area (Å²) in [6.45, 7) is 1.28. The number of rotatable bonds is 5. The maximum absolute atomic E-state index is 14.3. The van der Waals surface area contributed by atoms with Crippen LogP contribution in [0.2, 0.25) is 20.1 Å². The minimum atomic E-state index is -2.36. The van der Waals surface area contributed by atoms with E-state index in [2.05, 4.69) is 5.10 Å². The number of carbonyl (C=O) groups excluding carboxylic acids is 1. The van der Waals surface area contributed by atoms with Gasteiger partial charge in [-0.15, -0.1) is 0 Å². The molecule has 192 valence electrons. The molecule has 0 atom stereocenters. The minimum Gasteiger partial charge on any atom is -0.487 e. The summed E-state index contributed by atoms with van der Waals surface area (Å²) in [4.78, 5) is 13.0. The maximum Gasteiger partial charge on any atom is 0.280 e. The van der Waals surface area contributed by atoms with E-state index in [1.54, 1.807) is 18.2 Å². The van der Waals surface area contributed by atoms with Gasteiger partial charge < -0.3 is 4.74 Å². The van der Waals surface area contributed by atoms with E-state index in [0.717, 1.165) is 0 Å². The molecule has 0 unspecified atom stereocenters. The van der Waals surface area contributed by atoms with Gasteiger partial charge in [-0.3, -0.25) is 4.79 Å². The third-order valence-corrected chi connectivity index (χ3v) is 6.40. The molecule has 0 aromatic heterocycles. The molecular formula is C24H11Cl4F5N2O2. The Bertz CT molecular complexity index is 1500. The van der Waals surface area contributed by atoms with Crippen molar-refractivity contribution in [3.8, 4) is 5.75 Å². The lowest BCUT2D eigenvalue weighted by Crippen LogP contribution is -2.25. The van der Waals surface area contributed by atoms with Gasteiger partial charge in [-0.25, -0.2) is 22.0 Å². The van der Waals surface area contributed by atoms with E-state index in [1.165, 1.54) is 25.1 Å². The molecule has 0 fully saturated rings. The van der Waals surface area contributed by atoms with Crippen molar-refractivity contribution in [2.45, 2.75) is 13.5 Å². The van der Waals surface area contributed by atoms with Gasteiger partial charge in [-0.2, -0.15) is 10.1 Å². The van der Waals surface area contributed by atoms with Gasteiger partial charge in [0, 0.05) is 10.6 Å². The Labute approximate surface area is 226 Å². The first-order valence-corrected chi connectivity index (χ1v) is 11.6. The van der Waals surface area contributed by atoms with E-state index in [1.807, 2.05) is 0 Å². The molecule has 4 rings (SSSR count). The van der Waals surface area contributed by atoms with Gasteiger partial charge in [0.1, 0.15) is 18.0 Å². The highest BCUT2D eigenvalue weighted by atomic mass is 35.5. The Kier molecular flexibility index (Phi) is 7.71. The SMILES string of the molecule is CC1=NN(c2c(F)c(F)c(F)c(F)c2F)C(=O)/C1=C\c1cc(Cl)cc(Cl)c1OCc1ccc(Cl)c(Cl)c1. The highest BCUT2D eigenvalue weighted by molar-refractivity contribution is 6.42. The van der Waals surface area contributed by atoms with E-state index in [9.17, 15) is 26.7 Å². The number of hydrazone groups is 1. The Morgan fingerprint density at radius 3 is 2.11 bits per heavy atom. The Hall–Kier alpha value is -2.85. The number of ether oxygens (including phenoxy) is 1. The fraction of sp³-hybridized carbons (Fsp3) is 0.0833. The molecule has 0 spiro atoms. The zero-order valence-corrected chi connectivity index (χ0v) is 21.3. The van der Waals surface area contributed by atoms with Crippen LogP contribution in [0.5, 0.6) is 5.75 Å². The minimum absolute atomic E-state index is 0.0217. The number of benzene rings is 3. The maximum atomic E-state index is 14.3. The summed E-state index contributed by atoms with van der Waals surface area (Å²) in [6.07, 6.45) is 1.22. The van der Waals surface area contributed by atoms with Crippen LogP contribution in [0.25, 0.3) is 6.08 Å². The zero-order chi connectivity index (χ0) is 27.2. The van der Waals surface area contributed by atoms with E-state index < -0.39 is 40.7 Å². The predicted molar refractivity (Wildman–Crippen MR) is 132 cm³/mol. The molecule has 4 nitrogen and oxygen atoms in total. The van der Waals surface area contributed by atoms with Gasteiger partial charge in [0.15, 0.2) is 23.3 Å². The molecule has 0 aliphatic carbocycles. The van der Waals surface area contributed by atoms with Gasteiger partial charge in [0.05, 0.1) is 26.4 Å². The number of nitrogens with zero attached hydrogens (tertiary/aromatic N) is 2. The molecule has 0 radical (unpaired) electrons. The van der Waals surface area contributed by atoms with Crippen molar-refractivity contribution in [1.29, 1.82) is 0 Å². The van der Waals surface area contributed by atoms with Crippen LogP contribution in [0.1, 0.15) is 18.1 Å². The molecule has 37 heavy (non-hydrogen) atoms. The summed E-state index contributed by atoms with van der Waals surface area (Å²) in [5.74, 6) is -12.3. The molecule has 3 aromatic carbocycles. The van der Waals surface area contributed by atoms with Crippen molar-refractivity contribution in [3.05, 3.63) is 96.2 Å². The van der Waals surface area contributed by atoms with Crippen LogP contribution >= 0.6 is 46.4 Å². The summed E-state index contributed by atoms with van der Waals surface area (Å²) >= 11 is 24.3. The Morgan fingerprint density at radius 1 is 0.865 bits per heavy atom. The van der Waals surface area contributed by atoms with Crippen LogP contribution < -0.4 is 9.75 Å². The molecule has 1 aliphatic rings. The van der Waals surface area contributed by atoms with Gasteiger partial charge in [0.2, 0.25) is 5.82 Å². The van der Waals surface area contributed by atoms with Crippen LogP contribution in [0.15, 0.2) is 41.0 Å². The summed E-state index contributed by atoms with van der Waals surface area (Å²) in [6, 6.07) is 7.58. The number of amides is 1. The number of halogens is 9. The first-order chi connectivity index (χ1) is 17.4. The van der Waals surface area contributed by atoms with Gasteiger partial charge in [0.25, 0.3) is 5.91 Å². The van der Waals surface area contributed by atoms with Crippen molar-refractivity contribution in [2.24, 2.45) is 5.10 Å².